The van der Waals surface area contributed by atoms with E-state index in [-0.39, 0.29) is 17.0 Å². The van der Waals surface area contributed by atoms with Crippen molar-refractivity contribution in [2.24, 2.45) is 17.8 Å². The van der Waals surface area contributed by atoms with Gasteiger partial charge in [0.2, 0.25) is 0 Å². The van der Waals surface area contributed by atoms with Gasteiger partial charge >= 0.3 is 5.97 Å². The van der Waals surface area contributed by atoms with Crippen LogP contribution in [0, 0.1) is 24.7 Å². The molecule has 0 radical (unpaired) electrons. The van der Waals surface area contributed by atoms with Crippen LogP contribution < -0.4 is 11.1 Å². The fourth-order valence-electron chi connectivity index (χ4n) is 5.54. The van der Waals surface area contributed by atoms with E-state index in [2.05, 4.69) is 9.69 Å². The molecule has 4 bridgehead atoms. The van der Waals surface area contributed by atoms with Gasteiger partial charge in [-0.1, -0.05) is 0 Å². The average Bonchev–Trinajstić information content (AvgIpc) is 2.84. The zero-order valence-corrected chi connectivity index (χ0v) is 15.5. The predicted molar refractivity (Wildman–Crippen MR) is 95.2 cm³/mol. The first kappa shape index (κ1) is 16.8. The smallest absolute Gasteiger partial charge is 0.343 e. The number of nitrogens with zero attached hydrogens (tertiary/aromatic N) is 1. The van der Waals surface area contributed by atoms with Crippen LogP contribution in [-0.2, 0) is 9.53 Å². The second-order valence-corrected chi connectivity index (χ2v) is 9.05. The van der Waals surface area contributed by atoms with Crippen molar-refractivity contribution in [3.8, 4) is 0 Å². The van der Waals surface area contributed by atoms with Gasteiger partial charge in [-0.15, -0.1) is 0 Å². The van der Waals surface area contributed by atoms with Crippen molar-refractivity contribution in [3.05, 3.63) is 11.3 Å². The van der Waals surface area contributed by atoms with E-state index in [4.69, 9.17) is 10.5 Å². The first-order valence-electron chi connectivity index (χ1n) is 9.10. The summed E-state index contributed by atoms with van der Waals surface area (Å²) in [4.78, 5) is 25.0. The molecule has 7 heteroatoms. The highest BCUT2D eigenvalue weighted by Gasteiger charge is 2.51. The lowest BCUT2D eigenvalue weighted by molar-refractivity contribution is -0.134. The second kappa shape index (κ2) is 5.97. The van der Waals surface area contributed by atoms with Gasteiger partial charge in [0.05, 0.1) is 5.69 Å². The summed E-state index contributed by atoms with van der Waals surface area (Å²) in [6.07, 6.45) is 6.36. The van der Waals surface area contributed by atoms with Crippen LogP contribution in [0.4, 0.5) is 5.00 Å². The summed E-state index contributed by atoms with van der Waals surface area (Å²) in [5.74, 6) is 1.49. The molecule has 0 spiro atoms. The Morgan fingerprint density at radius 2 is 1.80 bits per heavy atom. The van der Waals surface area contributed by atoms with E-state index < -0.39 is 12.1 Å². The van der Waals surface area contributed by atoms with Gasteiger partial charge in [0.15, 0.2) is 6.10 Å². The zero-order chi connectivity index (χ0) is 17.8. The molecule has 0 aliphatic heterocycles. The number of hydrogen-bond acceptors (Lipinski definition) is 6. The molecule has 5 rings (SSSR count). The summed E-state index contributed by atoms with van der Waals surface area (Å²) >= 11 is 1.07. The average molecular weight is 363 g/mol. The van der Waals surface area contributed by atoms with Crippen LogP contribution in [0.25, 0.3) is 0 Å². The van der Waals surface area contributed by atoms with Gasteiger partial charge in [0.25, 0.3) is 5.91 Å². The number of nitrogens with two attached hydrogens (primary N) is 1. The van der Waals surface area contributed by atoms with Crippen LogP contribution in [0.15, 0.2) is 0 Å². The summed E-state index contributed by atoms with van der Waals surface area (Å²) in [7, 11) is 0. The minimum Gasteiger partial charge on any atom is -0.449 e. The third kappa shape index (κ3) is 3.03. The molecular weight excluding hydrogens is 338 g/mol. The molecule has 1 atom stereocenters. The standard InChI is InChI=1S/C18H25N3O3S/c1-9-14(15(19)25-21-9)17(23)24-10(2)16(22)20-18-6-11-3-12(7-18)5-13(4-11)8-18/h10-13H,3-8,19H2,1-2H3,(H,20,22)/t10-,11?,12?,13?,18?/m0/s1. The van der Waals surface area contributed by atoms with Crippen molar-refractivity contribution in [1.82, 2.24) is 9.69 Å². The lowest BCUT2D eigenvalue weighted by Gasteiger charge is -2.57. The van der Waals surface area contributed by atoms with Crippen LogP contribution in [-0.4, -0.2) is 27.9 Å². The molecule has 1 heterocycles. The number of nitrogen functional groups attached to an aromatic ring is 1. The number of hydrogen-bond donors (Lipinski definition) is 2. The molecule has 136 valence electrons. The van der Waals surface area contributed by atoms with E-state index in [9.17, 15) is 9.59 Å². The van der Waals surface area contributed by atoms with Gasteiger partial charge < -0.3 is 15.8 Å². The van der Waals surface area contributed by atoms with Gasteiger partial charge in [-0.3, -0.25) is 4.79 Å². The lowest BCUT2D eigenvalue weighted by atomic mass is 9.53. The van der Waals surface area contributed by atoms with Crippen molar-refractivity contribution in [1.29, 1.82) is 0 Å². The highest BCUT2D eigenvalue weighted by Crippen LogP contribution is 2.55. The molecule has 4 saturated carbocycles. The Balaban J connectivity index is 1.40. The Kier molecular flexibility index (Phi) is 4.02. The number of carbonyl (C=O) groups is 2. The summed E-state index contributed by atoms with van der Waals surface area (Å²) in [5, 5.41) is 3.57. The fourth-order valence-corrected chi connectivity index (χ4v) is 6.18. The number of aromatic nitrogens is 1. The Morgan fingerprint density at radius 3 is 2.28 bits per heavy atom. The molecule has 4 fully saturated rings. The Morgan fingerprint density at radius 1 is 1.24 bits per heavy atom. The van der Waals surface area contributed by atoms with E-state index in [0.717, 1.165) is 48.5 Å². The highest BCUT2D eigenvalue weighted by molar-refractivity contribution is 7.10. The summed E-state index contributed by atoms with van der Waals surface area (Å²) in [6, 6.07) is 0. The maximum atomic E-state index is 12.7. The summed E-state index contributed by atoms with van der Waals surface area (Å²) in [5.41, 5.74) is 6.53. The number of anilines is 1. The van der Waals surface area contributed by atoms with Crippen molar-refractivity contribution in [2.75, 3.05) is 5.73 Å². The van der Waals surface area contributed by atoms with Crippen LogP contribution >= 0.6 is 11.5 Å². The number of carbonyl (C=O) groups excluding carboxylic acids is 2. The SMILES string of the molecule is Cc1nsc(N)c1C(=O)O[C@@H](C)C(=O)NC12CC3CC(CC(C3)C1)C2. The molecule has 1 aromatic rings. The van der Waals surface area contributed by atoms with E-state index in [1.165, 1.54) is 19.3 Å². The van der Waals surface area contributed by atoms with Crippen molar-refractivity contribution >= 4 is 28.4 Å². The van der Waals surface area contributed by atoms with Crippen LogP contribution in [0.1, 0.15) is 61.5 Å². The van der Waals surface area contributed by atoms with Gasteiger partial charge in [-0.25, -0.2) is 4.79 Å². The maximum absolute atomic E-state index is 12.7. The normalized spacial score (nSPS) is 33.9. The fraction of sp³-hybridized carbons (Fsp3) is 0.722. The number of amides is 1. The molecule has 4 aliphatic rings. The molecule has 25 heavy (non-hydrogen) atoms. The largest absolute Gasteiger partial charge is 0.449 e. The summed E-state index contributed by atoms with van der Waals surface area (Å²) in [6.45, 7) is 3.34. The molecule has 4 aliphatic carbocycles. The van der Waals surface area contributed by atoms with Gasteiger partial charge in [0.1, 0.15) is 10.6 Å². The first-order valence-corrected chi connectivity index (χ1v) is 9.87. The predicted octanol–water partition coefficient (Wildman–Crippen LogP) is 2.66. The molecule has 1 aromatic heterocycles. The number of aryl methyl sites for hydroxylation is 1. The van der Waals surface area contributed by atoms with E-state index >= 15 is 0 Å². The third-order valence-electron chi connectivity index (χ3n) is 6.17. The zero-order valence-electron chi connectivity index (χ0n) is 14.7. The second-order valence-electron chi connectivity index (χ2n) is 8.24. The topological polar surface area (TPSA) is 94.3 Å². The Labute approximate surface area is 151 Å². The molecule has 6 nitrogen and oxygen atoms in total. The Bertz CT molecular complexity index is 660. The third-order valence-corrected chi connectivity index (χ3v) is 6.94. The number of nitrogens with one attached hydrogen (secondary N) is 1. The lowest BCUT2D eigenvalue weighted by Crippen LogP contribution is -2.61. The first-order chi connectivity index (χ1) is 11.8. The van der Waals surface area contributed by atoms with Gasteiger partial charge in [0, 0.05) is 5.54 Å². The number of ether oxygens (including phenoxy) is 1. The monoisotopic (exact) mass is 363 g/mol. The highest BCUT2D eigenvalue weighted by atomic mass is 32.1. The van der Waals surface area contributed by atoms with E-state index in [1.807, 2.05) is 0 Å². The van der Waals surface area contributed by atoms with E-state index in [0.29, 0.717) is 10.7 Å². The molecule has 0 saturated heterocycles. The van der Waals surface area contributed by atoms with Crippen LogP contribution in [0.5, 0.6) is 0 Å². The molecule has 3 N–H and O–H groups in total. The Hall–Kier alpha value is -1.63. The number of esters is 1. The molecule has 1 amide bonds. The minimum atomic E-state index is -0.834. The minimum absolute atomic E-state index is 0.0780. The maximum Gasteiger partial charge on any atom is 0.343 e. The summed E-state index contributed by atoms with van der Waals surface area (Å²) < 4.78 is 9.42. The van der Waals surface area contributed by atoms with Crippen molar-refractivity contribution < 1.29 is 14.3 Å². The van der Waals surface area contributed by atoms with Gasteiger partial charge in [-0.2, -0.15) is 4.37 Å². The van der Waals surface area contributed by atoms with Crippen LogP contribution in [0.2, 0.25) is 0 Å². The quantitative estimate of drug-likeness (QED) is 0.802. The molecular formula is C18H25N3O3S. The van der Waals surface area contributed by atoms with Crippen molar-refractivity contribution in [3.63, 3.8) is 0 Å². The van der Waals surface area contributed by atoms with Crippen LogP contribution in [0.3, 0.4) is 0 Å². The van der Waals surface area contributed by atoms with Crippen molar-refractivity contribution in [2.45, 2.75) is 64.0 Å². The van der Waals surface area contributed by atoms with E-state index in [1.54, 1.807) is 13.8 Å². The van der Waals surface area contributed by atoms with Gasteiger partial charge in [-0.05, 0) is 81.7 Å². The molecule has 0 unspecified atom stereocenters. The molecule has 0 aromatic carbocycles. The number of rotatable bonds is 4.